The Morgan fingerprint density at radius 2 is 2.00 bits per heavy atom. The summed E-state index contributed by atoms with van der Waals surface area (Å²) in [4.78, 5) is 0.527. The van der Waals surface area contributed by atoms with Crippen LogP contribution in [0.1, 0.15) is 32.3 Å². The van der Waals surface area contributed by atoms with Gasteiger partial charge in [-0.3, -0.25) is 0 Å². The zero-order valence-corrected chi connectivity index (χ0v) is 12.0. The lowest BCUT2D eigenvalue weighted by atomic mass is 9.76. The first kappa shape index (κ1) is 13.6. The van der Waals surface area contributed by atoms with Crippen LogP contribution in [0.2, 0.25) is 0 Å². The molecule has 18 heavy (non-hydrogen) atoms. The van der Waals surface area contributed by atoms with Crippen molar-refractivity contribution in [3.05, 3.63) is 29.8 Å². The fourth-order valence-corrected chi connectivity index (χ4v) is 4.77. The maximum atomic E-state index is 12.2. The lowest BCUT2D eigenvalue weighted by Crippen LogP contribution is -2.35. The van der Waals surface area contributed by atoms with Crippen molar-refractivity contribution in [1.29, 1.82) is 0 Å². The van der Waals surface area contributed by atoms with Crippen molar-refractivity contribution in [3.63, 3.8) is 0 Å². The predicted octanol–water partition coefficient (Wildman–Crippen LogP) is 2.19. The first-order valence-corrected chi connectivity index (χ1v) is 8.06. The first-order chi connectivity index (χ1) is 8.38. The van der Waals surface area contributed by atoms with Gasteiger partial charge in [-0.15, -0.1) is 0 Å². The SMILES string of the molecule is CCNCC(C)(C)C1CS(=O)(=O)c2ccccc21. The van der Waals surface area contributed by atoms with E-state index < -0.39 is 9.84 Å². The second-order valence-corrected chi connectivity index (χ2v) is 7.64. The molecular weight excluding hydrogens is 246 g/mol. The third-order valence-corrected chi connectivity index (χ3v) is 5.60. The molecule has 0 fully saturated rings. The summed E-state index contributed by atoms with van der Waals surface area (Å²) in [6, 6.07) is 7.41. The van der Waals surface area contributed by atoms with E-state index >= 15 is 0 Å². The summed E-state index contributed by atoms with van der Waals surface area (Å²) in [5, 5.41) is 3.33. The quantitative estimate of drug-likeness (QED) is 0.909. The van der Waals surface area contributed by atoms with Gasteiger partial charge in [-0.2, -0.15) is 0 Å². The van der Waals surface area contributed by atoms with E-state index in [2.05, 4.69) is 26.1 Å². The average Bonchev–Trinajstić information content (AvgIpc) is 2.61. The number of rotatable bonds is 4. The summed E-state index contributed by atoms with van der Waals surface area (Å²) < 4.78 is 24.3. The molecule has 0 saturated carbocycles. The van der Waals surface area contributed by atoms with Gasteiger partial charge in [0.1, 0.15) is 0 Å². The third-order valence-electron chi connectivity index (χ3n) is 3.79. The lowest BCUT2D eigenvalue weighted by molar-refractivity contribution is 0.290. The topological polar surface area (TPSA) is 46.2 Å². The van der Waals surface area contributed by atoms with Crippen molar-refractivity contribution in [2.75, 3.05) is 18.8 Å². The van der Waals surface area contributed by atoms with Crippen molar-refractivity contribution in [1.82, 2.24) is 5.32 Å². The monoisotopic (exact) mass is 267 g/mol. The van der Waals surface area contributed by atoms with Gasteiger partial charge >= 0.3 is 0 Å². The molecule has 0 amide bonds. The summed E-state index contributed by atoms with van der Waals surface area (Å²) in [6.07, 6.45) is 0. The molecule has 1 aliphatic heterocycles. The van der Waals surface area contributed by atoms with E-state index in [1.165, 1.54) is 0 Å². The number of hydrogen-bond donors (Lipinski definition) is 1. The molecule has 0 aliphatic carbocycles. The predicted molar refractivity (Wildman–Crippen MR) is 73.6 cm³/mol. The summed E-state index contributed by atoms with van der Waals surface area (Å²) in [7, 11) is -3.09. The Morgan fingerprint density at radius 3 is 2.67 bits per heavy atom. The molecule has 1 N–H and O–H groups in total. The molecule has 1 aromatic rings. The minimum atomic E-state index is -3.09. The number of fused-ring (bicyclic) bond motifs is 1. The highest BCUT2D eigenvalue weighted by atomic mass is 32.2. The summed E-state index contributed by atoms with van der Waals surface area (Å²) in [6.45, 7) is 8.08. The van der Waals surface area contributed by atoms with Crippen LogP contribution in [0.3, 0.4) is 0 Å². The van der Waals surface area contributed by atoms with Gasteiger partial charge in [0.25, 0.3) is 0 Å². The number of nitrogens with one attached hydrogen (secondary N) is 1. The van der Waals surface area contributed by atoms with Crippen molar-refractivity contribution in [2.45, 2.75) is 31.6 Å². The van der Waals surface area contributed by atoms with Crippen molar-refractivity contribution < 1.29 is 8.42 Å². The number of benzene rings is 1. The van der Waals surface area contributed by atoms with Crippen LogP contribution in [0.5, 0.6) is 0 Å². The van der Waals surface area contributed by atoms with E-state index in [0.717, 1.165) is 18.7 Å². The first-order valence-electron chi connectivity index (χ1n) is 6.41. The van der Waals surface area contributed by atoms with Crippen LogP contribution in [0.25, 0.3) is 0 Å². The molecule has 0 spiro atoms. The van der Waals surface area contributed by atoms with Gasteiger partial charge in [-0.1, -0.05) is 39.0 Å². The summed E-state index contributed by atoms with van der Waals surface area (Å²) >= 11 is 0. The molecule has 0 radical (unpaired) electrons. The molecular formula is C14H21NO2S. The Kier molecular flexibility index (Phi) is 3.52. The van der Waals surface area contributed by atoms with E-state index in [1.54, 1.807) is 12.1 Å². The Morgan fingerprint density at radius 1 is 1.33 bits per heavy atom. The smallest absolute Gasteiger partial charge is 0.179 e. The molecule has 3 nitrogen and oxygen atoms in total. The highest BCUT2D eigenvalue weighted by Gasteiger charge is 2.42. The average molecular weight is 267 g/mol. The molecule has 4 heteroatoms. The molecule has 100 valence electrons. The van der Waals surface area contributed by atoms with Crippen LogP contribution in [0, 0.1) is 5.41 Å². The molecule has 1 atom stereocenters. The van der Waals surface area contributed by atoms with Crippen LogP contribution in [-0.4, -0.2) is 27.3 Å². The van der Waals surface area contributed by atoms with Gasteiger partial charge in [0.2, 0.25) is 0 Å². The van der Waals surface area contributed by atoms with Gasteiger partial charge in [-0.05, 0) is 23.6 Å². The number of hydrogen-bond acceptors (Lipinski definition) is 3. The zero-order valence-electron chi connectivity index (χ0n) is 11.2. The van der Waals surface area contributed by atoms with Crippen molar-refractivity contribution in [3.8, 4) is 0 Å². The van der Waals surface area contributed by atoms with Gasteiger partial charge in [-0.25, -0.2) is 8.42 Å². The van der Waals surface area contributed by atoms with E-state index in [-0.39, 0.29) is 17.1 Å². The molecule has 2 rings (SSSR count). The molecule has 0 bridgehead atoms. The molecule has 1 heterocycles. The standard InChI is InChI=1S/C14H21NO2S/c1-4-15-10-14(2,3)12-9-18(16,17)13-8-6-5-7-11(12)13/h5-8,12,15H,4,9-10H2,1-3H3. The van der Waals surface area contributed by atoms with E-state index in [0.29, 0.717) is 4.90 Å². The normalized spacial score (nSPS) is 21.8. The van der Waals surface area contributed by atoms with Crippen LogP contribution in [-0.2, 0) is 9.84 Å². The molecule has 1 aliphatic rings. The second-order valence-electron chi connectivity index (χ2n) is 5.64. The summed E-state index contributed by atoms with van der Waals surface area (Å²) in [5.41, 5.74) is 0.927. The van der Waals surface area contributed by atoms with Gasteiger partial charge in [0.05, 0.1) is 10.6 Å². The molecule has 1 aromatic carbocycles. The van der Waals surface area contributed by atoms with Crippen molar-refractivity contribution in [2.24, 2.45) is 5.41 Å². The maximum absolute atomic E-state index is 12.2. The van der Waals surface area contributed by atoms with Gasteiger partial charge in [0, 0.05) is 12.5 Å². The fourth-order valence-electron chi connectivity index (χ4n) is 2.67. The second kappa shape index (κ2) is 4.67. The maximum Gasteiger partial charge on any atom is 0.179 e. The Balaban J connectivity index is 2.38. The zero-order chi connectivity index (χ0) is 13.4. The fraction of sp³-hybridized carbons (Fsp3) is 0.571. The van der Waals surface area contributed by atoms with Crippen LogP contribution in [0.15, 0.2) is 29.2 Å². The Hall–Kier alpha value is -0.870. The van der Waals surface area contributed by atoms with E-state index in [9.17, 15) is 8.42 Å². The molecule has 0 aromatic heterocycles. The minimum Gasteiger partial charge on any atom is -0.316 e. The van der Waals surface area contributed by atoms with Gasteiger partial charge in [0.15, 0.2) is 9.84 Å². The minimum absolute atomic E-state index is 0.0598. The van der Waals surface area contributed by atoms with Gasteiger partial charge < -0.3 is 5.32 Å². The Labute approximate surface area is 110 Å². The third kappa shape index (κ3) is 2.31. The summed E-state index contributed by atoms with van der Waals surface area (Å²) in [5.74, 6) is 0.322. The highest BCUT2D eigenvalue weighted by Crippen LogP contribution is 2.44. The van der Waals surface area contributed by atoms with Crippen LogP contribution >= 0.6 is 0 Å². The van der Waals surface area contributed by atoms with E-state index in [4.69, 9.17) is 0 Å². The highest BCUT2D eigenvalue weighted by molar-refractivity contribution is 7.91. The molecule has 0 saturated heterocycles. The largest absolute Gasteiger partial charge is 0.316 e. The van der Waals surface area contributed by atoms with Crippen molar-refractivity contribution >= 4 is 9.84 Å². The Bertz CT molecular complexity index is 534. The number of sulfone groups is 1. The van der Waals surface area contributed by atoms with Crippen LogP contribution in [0.4, 0.5) is 0 Å². The van der Waals surface area contributed by atoms with Crippen LogP contribution < -0.4 is 5.32 Å². The van der Waals surface area contributed by atoms with E-state index in [1.807, 2.05) is 12.1 Å². The molecule has 1 unspecified atom stereocenters. The lowest BCUT2D eigenvalue weighted by Gasteiger charge is -2.31.